The zero-order valence-electron chi connectivity index (χ0n) is 12.0. The molecule has 2 aromatic carbocycles. The molecule has 0 fully saturated rings. The Bertz CT molecular complexity index is 599. The van der Waals surface area contributed by atoms with Gasteiger partial charge in [-0.3, -0.25) is 0 Å². The molecule has 0 spiro atoms. The van der Waals surface area contributed by atoms with Crippen LogP contribution in [0.2, 0.25) is 0 Å². The van der Waals surface area contributed by atoms with Crippen molar-refractivity contribution >= 4 is 17.2 Å². The predicted molar refractivity (Wildman–Crippen MR) is 89.1 cm³/mol. The average molecular weight is 301 g/mol. The highest BCUT2D eigenvalue weighted by Crippen LogP contribution is 2.28. The van der Waals surface area contributed by atoms with E-state index in [1.54, 1.807) is 13.2 Å². The van der Waals surface area contributed by atoms with E-state index in [0.29, 0.717) is 23.1 Å². The van der Waals surface area contributed by atoms with Crippen molar-refractivity contribution in [1.29, 1.82) is 0 Å². The molecule has 4 heteroatoms. The highest BCUT2D eigenvalue weighted by Gasteiger charge is 2.07. The lowest BCUT2D eigenvalue weighted by atomic mass is 10.1. The van der Waals surface area contributed by atoms with E-state index in [1.165, 1.54) is 5.56 Å². The molecule has 3 nitrogen and oxygen atoms in total. The molecule has 0 bridgehead atoms. The molecular weight excluding hydrogens is 282 g/mol. The average Bonchev–Trinajstić information content (AvgIpc) is 2.52. The van der Waals surface area contributed by atoms with Gasteiger partial charge >= 0.3 is 0 Å². The van der Waals surface area contributed by atoms with E-state index >= 15 is 0 Å². The Kier molecular flexibility index (Phi) is 5.58. The number of hydrogen-bond acceptors (Lipinski definition) is 3. The van der Waals surface area contributed by atoms with Crippen molar-refractivity contribution in [2.45, 2.75) is 12.8 Å². The van der Waals surface area contributed by atoms with E-state index in [-0.39, 0.29) is 0 Å². The van der Waals surface area contributed by atoms with Crippen LogP contribution in [0.5, 0.6) is 11.5 Å². The number of hydrogen-bond donors (Lipinski definition) is 1. The van der Waals surface area contributed by atoms with Gasteiger partial charge in [-0.05, 0) is 36.6 Å². The normalized spacial score (nSPS) is 10.1. The van der Waals surface area contributed by atoms with Crippen LogP contribution in [0, 0.1) is 0 Å². The summed E-state index contributed by atoms with van der Waals surface area (Å²) in [5, 5.41) is 0. The van der Waals surface area contributed by atoms with E-state index in [2.05, 4.69) is 12.1 Å². The summed E-state index contributed by atoms with van der Waals surface area (Å²) in [7, 11) is 1.61. The Balaban J connectivity index is 1.89. The summed E-state index contributed by atoms with van der Waals surface area (Å²) in [4.78, 5) is 0.351. The van der Waals surface area contributed by atoms with E-state index in [0.717, 1.165) is 18.4 Å². The maximum Gasteiger partial charge on any atom is 0.161 e. The van der Waals surface area contributed by atoms with Crippen LogP contribution in [0.3, 0.4) is 0 Å². The number of rotatable bonds is 7. The number of ether oxygens (including phenoxy) is 2. The second-order valence-electron chi connectivity index (χ2n) is 4.67. The van der Waals surface area contributed by atoms with Crippen LogP contribution in [0.4, 0.5) is 0 Å². The van der Waals surface area contributed by atoms with Gasteiger partial charge in [0.15, 0.2) is 11.5 Å². The lowest BCUT2D eigenvalue weighted by molar-refractivity contribution is 0.289. The van der Waals surface area contributed by atoms with Crippen molar-refractivity contribution in [2.75, 3.05) is 13.7 Å². The van der Waals surface area contributed by atoms with Gasteiger partial charge < -0.3 is 15.2 Å². The number of thiocarbonyl (C=S) groups is 1. The molecule has 0 radical (unpaired) electrons. The van der Waals surface area contributed by atoms with Crippen LogP contribution >= 0.6 is 12.2 Å². The van der Waals surface area contributed by atoms with Crippen LogP contribution in [0.15, 0.2) is 48.5 Å². The van der Waals surface area contributed by atoms with Gasteiger partial charge in [0, 0.05) is 5.56 Å². The Hall–Kier alpha value is -2.07. The summed E-state index contributed by atoms with van der Waals surface area (Å²) in [6.07, 6.45) is 1.94. The molecule has 0 aromatic heterocycles. The van der Waals surface area contributed by atoms with E-state index in [1.807, 2.05) is 30.3 Å². The van der Waals surface area contributed by atoms with Crippen molar-refractivity contribution < 1.29 is 9.47 Å². The molecule has 0 heterocycles. The zero-order chi connectivity index (χ0) is 15.1. The van der Waals surface area contributed by atoms with Crippen molar-refractivity contribution in [3.05, 3.63) is 59.7 Å². The van der Waals surface area contributed by atoms with Gasteiger partial charge in [0.25, 0.3) is 0 Å². The van der Waals surface area contributed by atoms with Gasteiger partial charge in [0.1, 0.15) is 4.99 Å². The topological polar surface area (TPSA) is 44.5 Å². The van der Waals surface area contributed by atoms with E-state index in [9.17, 15) is 0 Å². The SMILES string of the molecule is COc1cc(C(N)=S)ccc1OCCCc1ccccc1. The highest BCUT2D eigenvalue weighted by atomic mass is 32.1. The quantitative estimate of drug-likeness (QED) is 0.629. The molecule has 0 aliphatic rings. The third-order valence-corrected chi connectivity index (χ3v) is 3.39. The van der Waals surface area contributed by atoms with E-state index < -0.39 is 0 Å². The number of benzene rings is 2. The summed E-state index contributed by atoms with van der Waals surface area (Å²) in [6, 6.07) is 15.9. The molecule has 2 rings (SSSR count). The predicted octanol–water partition coefficient (Wildman–Crippen LogP) is 3.34. The fraction of sp³-hybridized carbons (Fsp3) is 0.235. The van der Waals surface area contributed by atoms with Crippen molar-refractivity contribution in [3.63, 3.8) is 0 Å². The summed E-state index contributed by atoms with van der Waals surface area (Å²) >= 11 is 4.95. The second kappa shape index (κ2) is 7.64. The smallest absolute Gasteiger partial charge is 0.161 e. The Labute approximate surface area is 130 Å². The Morgan fingerprint density at radius 3 is 2.52 bits per heavy atom. The van der Waals surface area contributed by atoms with Crippen LogP contribution in [0.1, 0.15) is 17.5 Å². The first-order chi connectivity index (χ1) is 10.2. The molecule has 0 saturated carbocycles. The van der Waals surface area contributed by atoms with Gasteiger partial charge in [-0.2, -0.15) is 0 Å². The van der Waals surface area contributed by atoms with Crippen LogP contribution in [0.25, 0.3) is 0 Å². The summed E-state index contributed by atoms with van der Waals surface area (Å²) in [6.45, 7) is 0.637. The lowest BCUT2D eigenvalue weighted by Crippen LogP contribution is -2.09. The van der Waals surface area contributed by atoms with Gasteiger partial charge in [-0.15, -0.1) is 0 Å². The first-order valence-electron chi connectivity index (χ1n) is 6.85. The van der Waals surface area contributed by atoms with Gasteiger partial charge in [0.2, 0.25) is 0 Å². The summed E-state index contributed by atoms with van der Waals surface area (Å²) < 4.78 is 11.1. The molecule has 0 aliphatic heterocycles. The third-order valence-electron chi connectivity index (χ3n) is 3.16. The zero-order valence-corrected chi connectivity index (χ0v) is 12.9. The molecule has 2 N–H and O–H groups in total. The molecule has 0 saturated heterocycles. The lowest BCUT2D eigenvalue weighted by Gasteiger charge is -2.12. The molecule has 0 unspecified atom stereocenters. The summed E-state index contributed by atoms with van der Waals surface area (Å²) in [5.41, 5.74) is 7.70. The Morgan fingerprint density at radius 2 is 1.86 bits per heavy atom. The summed E-state index contributed by atoms with van der Waals surface area (Å²) in [5.74, 6) is 1.37. The van der Waals surface area contributed by atoms with Gasteiger partial charge in [-0.1, -0.05) is 42.5 Å². The number of aryl methyl sites for hydroxylation is 1. The molecule has 0 aliphatic carbocycles. The fourth-order valence-corrected chi connectivity index (χ4v) is 2.17. The largest absolute Gasteiger partial charge is 0.493 e. The molecule has 2 aromatic rings. The van der Waals surface area contributed by atoms with Gasteiger partial charge in [0.05, 0.1) is 13.7 Å². The third kappa shape index (κ3) is 4.46. The monoisotopic (exact) mass is 301 g/mol. The van der Waals surface area contributed by atoms with Crippen molar-refractivity contribution in [2.24, 2.45) is 5.73 Å². The first kappa shape index (κ1) is 15.3. The van der Waals surface area contributed by atoms with Crippen molar-refractivity contribution in [1.82, 2.24) is 0 Å². The molecule has 0 atom stereocenters. The Morgan fingerprint density at radius 1 is 1.10 bits per heavy atom. The van der Waals surface area contributed by atoms with Crippen LogP contribution < -0.4 is 15.2 Å². The maximum atomic E-state index is 5.78. The van der Waals surface area contributed by atoms with Crippen LogP contribution in [-0.4, -0.2) is 18.7 Å². The van der Waals surface area contributed by atoms with Gasteiger partial charge in [-0.25, -0.2) is 0 Å². The number of methoxy groups -OCH3 is 1. The standard InChI is InChI=1S/C17H19NO2S/c1-19-16-12-14(17(18)21)9-10-15(16)20-11-5-8-13-6-3-2-4-7-13/h2-4,6-7,9-10,12H,5,8,11H2,1H3,(H2,18,21). The van der Waals surface area contributed by atoms with Crippen molar-refractivity contribution in [3.8, 4) is 11.5 Å². The van der Waals surface area contributed by atoms with E-state index in [4.69, 9.17) is 27.4 Å². The minimum atomic E-state index is 0.351. The molecule has 110 valence electrons. The number of nitrogens with two attached hydrogens (primary N) is 1. The maximum absolute atomic E-state index is 5.78. The fourth-order valence-electron chi connectivity index (χ4n) is 2.04. The molecule has 0 amide bonds. The minimum absolute atomic E-state index is 0.351. The highest BCUT2D eigenvalue weighted by molar-refractivity contribution is 7.80. The molecular formula is C17H19NO2S. The second-order valence-corrected chi connectivity index (χ2v) is 5.11. The molecule has 21 heavy (non-hydrogen) atoms. The minimum Gasteiger partial charge on any atom is -0.493 e. The van der Waals surface area contributed by atoms with Crippen LogP contribution in [-0.2, 0) is 6.42 Å². The first-order valence-corrected chi connectivity index (χ1v) is 7.26.